The minimum Gasteiger partial charge on any atom is -0.463 e. The third-order valence-electron chi connectivity index (χ3n) is 13.6. The first-order chi connectivity index (χ1) is 32.8. The number of amides is 4. The van der Waals surface area contributed by atoms with Gasteiger partial charge in [-0.15, -0.1) is 11.3 Å². The van der Waals surface area contributed by atoms with Crippen molar-refractivity contribution in [1.82, 2.24) is 49.9 Å². The highest BCUT2D eigenvalue weighted by atomic mass is 32.1. The van der Waals surface area contributed by atoms with Crippen LogP contribution in [-0.2, 0) is 19.1 Å². The van der Waals surface area contributed by atoms with Gasteiger partial charge in [-0.1, -0.05) is 33.8 Å². The molecule has 4 N–H and O–H groups in total. The van der Waals surface area contributed by atoms with Crippen molar-refractivity contribution in [2.24, 2.45) is 11.8 Å². The summed E-state index contributed by atoms with van der Waals surface area (Å²) in [5, 5.41) is 9.35. The number of alkyl carbamates (subject to hydrolysis) is 2. The van der Waals surface area contributed by atoms with Crippen LogP contribution in [0.1, 0.15) is 113 Å². The molecule has 2 aromatic carbocycles. The Hall–Kier alpha value is -6.76. The summed E-state index contributed by atoms with van der Waals surface area (Å²) in [6.45, 7) is 8.56. The molecular weight excluding hydrogens is 892 g/mol. The van der Waals surface area contributed by atoms with Gasteiger partial charge in [-0.2, -0.15) is 0 Å². The second-order valence-corrected chi connectivity index (χ2v) is 19.7. The average molecular weight is 947 g/mol. The van der Waals surface area contributed by atoms with E-state index in [4.69, 9.17) is 29.2 Å². The summed E-state index contributed by atoms with van der Waals surface area (Å²) >= 11 is 1.62. The molecule has 3 aliphatic heterocycles. The van der Waals surface area contributed by atoms with E-state index in [-0.39, 0.29) is 35.7 Å². The highest BCUT2D eigenvalue weighted by molar-refractivity contribution is 7.09. The molecule has 68 heavy (non-hydrogen) atoms. The molecule has 4 amide bonds. The Morgan fingerprint density at radius 2 is 1.38 bits per heavy atom. The fourth-order valence-corrected chi connectivity index (χ4v) is 10.9. The Kier molecular flexibility index (Phi) is 12.0. The lowest BCUT2D eigenvalue weighted by atomic mass is 10.0. The number of aromatic nitrogens is 6. The number of rotatable bonds is 12. The predicted molar refractivity (Wildman–Crippen MR) is 251 cm³/mol. The average Bonchev–Trinajstić information content (AvgIpc) is 4.05. The number of aromatic amines is 2. The van der Waals surface area contributed by atoms with E-state index in [1.165, 1.54) is 20.3 Å². The van der Waals surface area contributed by atoms with E-state index in [9.17, 15) is 19.2 Å². The van der Waals surface area contributed by atoms with Gasteiger partial charge in [-0.05, 0) is 80.7 Å². The highest BCUT2D eigenvalue weighted by Crippen LogP contribution is 2.49. The zero-order valence-corrected chi connectivity index (χ0v) is 39.6. The first-order valence-corrected chi connectivity index (χ1v) is 24.2. The molecule has 4 aromatic heterocycles. The van der Waals surface area contributed by atoms with Gasteiger partial charge in [-0.3, -0.25) is 14.2 Å². The van der Waals surface area contributed by atoms with Gasteiger partial charge in [0.15, 0.2) is 0 Å². The monoisotopic (exact) mass is 946 g/mol. The zero-order valence-electron chi connectivity index (χ0n) is 38.8. The molecule has 19 heteroatoms. The Balaban J connectivity index is 0.963. The van der Waals surface area contributed by atoms with Crippen molar-refractivity contribution >= 4 is 46.2 Å². The van der Waals surface area contributed by atoms with Crippen LogP contribution in [0.3, 0.4) is 0 Å². The zero-order chi connectivity index (χ0) is 47.5. The SMILES string of the molecule is COC(=O)NC(C(=O)N1CCC[C@H]1c1ncc(-c2cc(F)c3c(c2)OC(c2csc(C4CC4)n2)n2c-3cc3cc(-c4cnc([C@@H]5CCCN5C(=O)C(NC(=O)OC)C(C)C)[nH]4)ccc32)[nH]1)C(C)C. The van der Waals surface area contributed by atoms with E-state index in [2.05, 4.69) is 20.6 Å². The normalized spacial score (nSPS) is 19.8. The standard InChI is InChI=1S/C49H55FN10O7S/c1-24(2)40(56-48(63)65-5)45(61)58-15-7-9-35(58)42-51-21-31(53-42)27-13-14-34-29(17-27)19-37-39-30(50)18-28(20-38(39)67-47(60(34)37)33-23-68-44(55-33)26-11-12-26)32-22-52-43(54-32)36-10-8-16-59(36)46(62)41(25(3)4)57-49(64)66-6/h13-14,17-26,35-36,40-41,47H,7-12,15-16H2,1-6H3,(H,51,53)(H,52,54)(H,56,63)(H,57,64)/t35-,36-,40?,41?,47?/m0/s1. The second kappa shape index (κ2) is 18.0. The largest absolute Gasteiger partial charge is 0.463 e. The maximum atomic E-state index is 16.9. The topological polar surface area (TPSA) is 202 Å². The molecule has 10 rings (SSSR count). The van der Waals surface area contributed by atoms with Gasteiger partial charge >= 0.3 is 12.2 Å². The van der Waals surface area contributed by atoms with E-state index in [1.54, 1.807) is 33.5 Å². The molecule has 1 saturated carbocycles. The van der Waals surface area contributed by atoms with Gasteiger partial charge in [0.2, 0.25) is 18.0 Å². The molecule has 3 fully saturated rings. The number of hydrogen-bond donors (Lipinski definition) is 4. The lowest BCUT2D eigenvalue weighted by molar-refractivity contribution is -0.136. The van der Waals surface area contributed by atoms with Crippen molar-refractivity contribution < 1.29 is 37.8 Å². The van der Waals surface area contributed by atoms with Crippen LogP contribution in [0.5, 0.6) is 5.75 Å². The van der Waals surface area contributed by atoms with E-state index in [0.29, 0.717) is 65.3 Å². The number of fused-ring (bicyclic) bond motifs is 5. The number of benzene rings is 2. The number of nitrogens with one attached hydrogen (secondary N) is 4. The molecule has 7 heterocycles. The Morgan fingerprint density at radius 1 is 0.794 bits per heavy atom. The lowest BCUT2D eigenvalue weighted by Crippen LogP contribution is -2.51. The number of carbonyl (C=O) groups excluding carboxylic acids is 4. The van der Waals surface area contributed by atoms with Gasteiger partial charge < -0.3 is 44.6 Å². The van der Waals surface area contributed by atoms with Crippen LogP contribution < -0.4 is 15.4 Å². The third-order valence-corrected chi connectivity index (χ3v) is 14.7. The summed E-state index contributed by atoms with van der Waals surface area (Å²) in [5.41, 5.74) is 5.26. The Labute approximate surface area is 396 Å². The number of hydrogen-bond acceptors (Lipinski definition) is 11. The summed E-state index contributed by atoms with van der Waals surface area (Å²) in [6, 6.07) is 9.17. The fraction of sp³-hybridized carbons (Fsp3) is 0.449. The first kappa shape index (κ1) is 45.0. The van der Waals surface area contributed by atoms with Crippen LogP contribution in [0, 0.1) is 17.7 Å². The quantitative estimate of drug-likeness (QED) is 0.0921. The number of imidazole rings is 2. The van der Waals surface area contributed by atoms with Crippen molar-refractivity contribution in [2.75, 3.05) is 27.3 Å². The second-order valence-electron chi connectivity index (χ2n) is 18.8. The number of methoxy groups -OCH3 is 2. The maximum absolute atomic E-state index is 16.9. The van der Waals surface area contributed by atoms with Crippen molar-refractivity contribution in [2.45, 2.75) is 103 Å². The maximum Gasteiger partial charge on any atom is 0.407 e. The van der Waals surface area contributed by atoms with Crippen LogP contribution in [0.2, 0.25) is 0 Å². The molecule has 0 bridgehead atoms. The molecule has 4 aliphatic rings. The summed E-state index contributed by atoms with van der Waals surface area (Å²) in [6.07, 6.45) is 6.57. The molecule has 1 aliphatic carbocycles. The summed E-state index contributed by atoms with van der Waals surface area (Å²) in [5.74, 6) is 0.825. The third kappa shape index (κ3) is 8.23. The fourth-order valence-electron chi connectivity index (χ4n) is 9.92. The first-order valence-electron chi connectivity index (χ1n) is 23.3. The molecular formula is C49H55FN10O7S. The number of halogens is 1. The van der Waals surface area contributed by atoms with Gasteiger partial charge in [0.25, 0.3) is 0 Å². The number of carbonyl (C=O) groups is 4. The summed E-state index contributed by atoms with van der Waals surface area (Å²) in [7, 11) is 2.54. The van der Waals surface area contributed by atoms with Crippen LogP contribution >= 0.6 is 11.3 Å². The number of thiazole rings is 1. The van der Waals surface area contributed by atoms with Crippen LogP contribution in [-0.4, -0.2) is 103 Å². The molecule has 0 spiro atoms. The van der Waals surface area contributed by atoms with Gasteiger partial charge in [0.1, 0.15) is 41.0 Å². The van der Waals surface area contributed by atoms with Crippen molar-refractivity contribution in [1.29, 1.82) is 0 Å². The van der Waals surface area contributed by atoms with Crippen LogP contribution in [0.15, 0.2) is 54.2 Å². The number of nitrogens with zero attached hydrogens (tertiary/aromatic N) is 6. The summed E-state index contributed by atoms with van der Waals surface area (Å²) in [4.78, 5) is 76.8. The van der Waals surface area contributed by atoms with Crippen molar-refractivity contribution in [3.8, 4) is 39.5 Å². The minimum atomic E-state index is -0.773. The molecule has 5 atom stereocenters. The van der Waals surface area contributed by atoms with E-state index in [1.807, 2.05) is 68.0 Å². The number of ether oxygens (including phenoxy) is 3. The van der Waals surface area contributed by atoms with E-state index < -0.39 is 36.3 Å². The van der Waals surface area contributed by atoms with Gasteiger partial charge in [-0.25, -0.2) is 28.9 Å². The Bertz CT molecular complexity index is 2920. The Morgan fingerprint density at radius 3 is 1.94 bits per heavy atom. The van der Waals surface area contributed by atoms with E-state index in [0.717, 1.165) is 65.0 Å². The predicted octanol–water partition coefficient (Wildman–Crippen LogP) is 8.59. The highest BCUT2D eigenvalue weighted by Gasteiger charge is 2.40. The minimum absolute atomic E-state index is 0.153. The smallest absolute Gasteiger partial charge is 0.407 e. The molecule has 356 valence electrons. The van der Waals surface area contributed by atoms with Crippen LogP contribution in [0.4, 0.5) is 14.0 Å². The van der Waals surface area contributed by atoms with Gasteiger partial charge in [0, 0.05) is 40.9 Å². The van der Waals surface area contributed by atoms with Gasteiger partial charge in [0.05, 0.1) is 71.9 Å². The summed E-state index contributed by atoms with van der Waals surface area (Å²) < 4.78 is 35.3. The van der Waals surface area contributed by atoms with Crippen molar-refractivity contribution in [3.05, 3.63) is 82.3 Å². The van der Waals surface area contributed by atoms with Crippen molar-refractivity contribution in [3.63, 3.8) is 0 Å². The molecule has 6 aromatic rings. The molecule has 17 nitrogen and oxygen atoms in total. The molecule has 3 unspecified atom stereocenters. The lowest BCUT2D eigenvalue weighted by Gasteiger charge is -2.30. The molecule has 0 radical (unpaired) electrons. The number of H-pyrrole nitrogens is 2. The molecule has 2 saturated heterocycles. The van der Waals surface area contributed by atoms with Crippen LogP contribution in [0.25, 0.3) is 44.7 Å². The number of likely N-dealkylation sites (tertiary alicyclic amines) is 2. The van der Waals surface area contributed by atoms with E-state index >= 15 is 4.39 Å².